The van der Waals surface area contributed by atoms with Crippen molar-refractivity contribution in [2.45, 2.75) is 13.0 Å². The number of nitrogens with one attached hydrogen (secondary N) is 1. The van der Waals surface area contributed by atoms with E-state index in [1.54, 1.807) is 6.07 Å². The Hall–Kier alpha value is -2.41. The predicted octanol–water partition coefficient (Wildman–Crippen LogP) is 3.03. The maximum atomic E-state index is 13.8. The Labute approximate surface area is 120 Å². The summed E-state index contributed by atoms with van der Waals surface area (Å²) in [5.74, 6) is -0.353. The number of nitro groups is 1. The molecular formula is C14H15FN2O4. The van der Waals surface area contributed by atoms with Crippen LogP contribution in [0.2, 0.25) is 0 Å². The third kappa shape index (κ3) is 3.19. The lowest BCUT2D eigenvalue weighted by Crippen LogP contribution is -2.21. The second-order valence-corrected chi connectivity index (χ2v) is 4.32. The molecule has 2 aromatic rings. The van der Waals surface area contributed by atoms with Crippen molar-refractivity contribution < 1.29 is 18.5 Å². The van der Waals surface area contributed by atoms with Gasteiger partial charge < -0.3 is 14.5 Å². The minimum atomic E-state index is -0.610. The normalized spacial score (nSPS) is 12.1. The zero-order valence-electron chi connectivity index (χ0n) is 11.6. The van der Waals surface area contributed by atoms with Gasteiger partial charge in [0.15, 0.2) is 11.6 Å². The van der Waals surface area contributed by atoms with Crippen LogP contribution < -0.4 is 10.1 Å². The molecule has 1 aromatic heterocycles. The summed E-state index contributed by atoms with van der Waals surface area (Å²) in [6.07, 6.45) is 0. The summed E-state index contributed by atoms with van der Waals surface area (Å²) in [7, 11) is 1.38. The van der Waals surface area contributed by atoms with Crippen LogP contribution >= 0.6 is 0 Å². The highest BCUT2D eigenvalue weighted by Gasteiger charge is 2.21. The van der Waals surface area contributed by atoms with Crippen molar-refractivity contribution in [2.75, 3.05) is 13.7 Å². The van der Waals surface area contributed by atoms with Gasteiger partial charge in [-0.25, -0.2) is 4.39 Å². The molecule has 1 aromatic carbocycles. The van der Waals surface area contributed by atoms with Crippen molar-refractivity contribution in [1.29, 1.82) is 0 Å². The van der Waals surface area contributed by atoms with Crippen molar-refractivity contribution in [3.8, 4) is 5.75 Å². The molecule has 0 fully saturated rings. The predicted molar refractivity (Wildman–Crippen MR) is 73.8 cm³/mol. The van der Waals surface area contributed by atoms with Gasteiger partial charge in [-0.3, -0.25) is 10.1 Å². The first kappa shape index (κ1) is 15.0. The molecule has 21 heavy (non-hydrogen) atoms. The monoisotopic (exact) mass is 294 g/mol. The molecular weight excluding hydrogens is 279 g/mol. The highest BCUT2D eigenvalue weighted by Crippen LogP contribution is 2.29. The molecule has 1 N–H and O–H groups in total. The number of halogens is 1. The maximum Gasteiger partial charge on any atom is 0.433 e. The Bertz CT molecular complexity index is 642. The van der Waals surface area contributed by atoms with Gasteiger partial charge in [0.05, 0.1) is 19.2 Å². The van der Waals surface area contributed by atoms with E-state index in [1.165, 1.54) is 31.4 Å². The van der Waals surface area contributed by atoms with E-state index in [9.17, 15) is 14.5 Å². The van der Waals surface area contributed by atoms with Crippen LogP contribution in [0, 0.1) is 15.9 Å². The fourth-order valence-corrected chi connectivity index (χ4v) is 2.04. The summed E-state index contributed by atoms with van der Waals surface area (Å²) in [6.45, 7) is 2.47. The van der Waals surface area contributed by atoms with Gasteiger partial charge in [-0.1, -0.05) is 13.0 Å². The highest BCUT2D eigenvalue weighted by atomic mass is 19.1. The molecule has 0 bridgehead atoms. The van der Waals surface area contributed by atoms with Crippen molar-refractivity contribution >= 4 is 5.88 Å². The molecule has 0 aliphatic rings. The van der Waals surface area contributed by atoms with Crippen LogP contribution in [0.1, 0.15) is 24.3 Å². The molecule has 7 heteroatoms. The standard InChI is InChI=1S/C14H15FN2O4/c1-3-16-14(12-6-7-13(21-12)17(18)19)9-4-5-11(20-2)10(15)8-9/h4-8,14,16H,3H2,1-2H3. The van der Waals surface area contributed by atoms with E-state index in [0.29, 0.717) is 17.9 Å². The summed E-state index contributed by atoms with van der Waals surface area (Å²) < 4.78 is 23.9. The molecule has 0 saturated heterocycles. The lowest BCUT2D eigenvalue weighted by molar-refractivity contribution is -0.402. The Morgan fingerprint density at radius 3 is 2.71 bits per heavy atom. The number of furan rings is 1. The van der Waals surface area contributed by atoms with Gasteiger partial charge in [0.1, 0.15) is 10.7 Å². The maximum absolute atomic E-state index is 13.8. The second kappa shape index (κ2) is 6.36. The zero-order valence-corrected chi connectivity index (χ0v) is 11.6. The van der Waals surface area contributed by atoms with Crippen molar-refractivity contribution in [1.82, 2.24) is 5.32 Å². The smallest absolute Gasteiger partial charge is 0.433 e. The van der Waals surface area contributed by atoms with Crippen LogP contribution in [0.25, 0.3) is 0 Å². The van der Waals surface area contributed by atoms with Crippen LogP contribution in [-0.4, -0.2) is 18.6 Å². The molecule has 0 radical (unpaired) electrons. The van der Waals surface area contributed by atoms with E-state index in [2.05, 4.69) is 5.32 Å². The van der Waals surface area contributed by atoms with Gasteiger partial charge >= 0.3 is 5.88 Å². The molecule has 0 amide bonds. The third-order valence-corrected chi connectivity index (χ3v) is 2.99. The fraction of sp³-hybridized carbons (Fsp3) is 0.286. The van der Waals surface area contributed by atoms with Crippen molar-refractivity contribution in [2.24, 2.45) is 0 Å². The van der Waals surface area contributed by atoms with E-state index >= 15 is 0 Å². The molecule has 112 valence electrons. The van der Waals surface area contributed by atoms with Gasteiger partial charge in [0.25, 0.3) is 0 Å². The third-order valence-electron chi connectivity index (χ3n) is 2.99. The minimum Gasteiger partial charge on any atom is -0.494 e. The van der Waals surface area contributed by atoms with Gasteiger partial charge in [0.2, 0.25) is 0 Å². The summed E-state index contributed by atoms with van der Waals surface area (Å²) in [5, 5.41) is 13.8. The Morgan fingerprint density at radius 2 is 2.19 bits per heavy atom. The van der Waals surface area contributed by atoms with E-state index in [1.807, 2.05) is 6.92 Å². The van der Waals surface area contributed by atoms with Gasteiger partial charge in [-0.15, -0.1) is 0 Å². The van der Waals surface area contributed by atoms with Crippen LogP contribution in [-0.2, 0) is 0 Å². The lowest BCUT2D eigenvalue weighted by atomic mass is 10.0. The Kier molecular flexibility index (Phi) is 4.54. The number of benzene rings is 1. The molecule has 0 saturated carbocycles. The number of methoxy groups -OCH3 is 1. The first-order chi connectivity index (χ1) is 10.1. The molecule has 6 nitrogen and oxygen atoms in total. The SMILES string of the molecule is CCNC(c1ccc(OC)c(F)c1)c1ccc([N+](=O)[O-])o1. The summed E-state index contributed by atoms with van der Waals surface area (Å²) in [4.78, 5) is 10.1. The number of nitrogens with zero attached hydrogens (tertiary/aromatic N) is 1. The number of hydrogen-bond donors (Lipinski definition) is 1. The first-order valence-corrected chi connectivity index (χ1v) is 6.37. The first-order valence-electron chi connectivity index (χ1n) is 6.37. The van der Waals surface area contributed by atoms with Gasteiger partial charge in [-0.2, -0.15) is 0 Å². The Balaban J connectivity index is 2.37. The van der Waals surface area contributed by atoms with Crippen LogP contribution in [0.3, 0.4) is 0 Å². The summed E-state index contributed by atoms with van der Waals surface area (Å²) in [6, 6.07) is 6.83. The molecule has 1 unspecified atom stereocenters. The number of hydrogen-bond acceptors (Lipinski definition) is 5. The molecule has 2 rings (SSSR count). The zero-order chi connectivity index (χ0) is 15.4. The van der Waals surface area contributed by atoms with Crippen molar-refractivity contribution in [3.63, 3.8) is 0 Å². The van der Waals surface area contributed by atoms with E-state index in [0.717, 1.165) is 0 Å². The fourth-order valence-electron chi connectivity index (χ4n) is 2.04. The lowest BCUT2D eigenvalue weighted by Gasteiger charge is -2.16. The molecule has 0 spiro atoms. The summed E-state index contributed by atoms with van der Waals surface area (Å²) >= 11 is 0. The average Bonchev–Trinajstić information content (AvgIpc) is 2.94. The van der Waals surface area contributed by atoms with Crippen molar-refractivity contribution in [3.05, 3.63) is 57.6 Å². The molecule has 0 aliphatic heterocycles. The quantitative estimate of drug-likeness (QED) is 0.654. The molecule has 1 atom stereocenters. The van der Waals surface area contributed by atoms with Gasteiger partial charge in [-0.05, 0) is 30.3 Å². The van der Waals surface area contributed by atoms with Crippen LogP contribution in [0.5, 0.6) is 5.75 Å². The Morgan fingerprint density at radius 1 is 1.43 bits per heavy atom. The number of rotatable bonds is 6. The van der Waals surface area contributed by atoms with Gasteiger partial charge in [0, 0.05) is 0 Å². The average molecular weight is 294 g/mol. The van der Waals surface area contributed by atoms with E-state index < -0.39 is 16.8 Å². The highest BCUT2D eigenvalue weighted by molar-refractivity contribution is 5.35. The summed E-state index contributed by atoms with van der Waals surface area (Å²) in [5.41, 5.74) is 0.597. The second-order valence-electron chi connectivity index (χ2n) is 4.32. The molecule has 1 heterocycles. The molecule has 0 aliphatic carbocycles. The van der Waals surface area contributed by atoms with E-state index in [-0.39, 0.29) is 11.6 Å². The largest absolute Gasteiger partial charge is 0.494 e. The topological polar surface area (TPSA) is 77.5 Å². The minimum absolute atomic E-state index is 0.138. The van der Waals surface area contributed by atoms with Crippen LogP contribution in [0.4, 0.5) is 10.3 Å². The van der Waals surface area contributed by atoms with Crippen LogP contribution in [0.15, 0.2) is 34.7 Å². The number of ether oxygens (including phenoxy) is 1. The van der Waals surface area contributed by atoms with E-state index in [4.69, 9.17) is 9.15 Å².